The van der Waals surface area contributed by atoms with Crippen LogP contribution in [0, 0.1) is 0 Å². The molecule has 0 aromatic carbocycles. The second kappa shape index (κ2) is 9.36. The monoisotopic (exact) mass is 443 g/mol. The van der Waals surface area contributed by atoms with Crippen LogP contribution in [0.1, 0.15) is 34.8 Å². The minimum Gasteiger partial charge on any atom is -0.477 e. The molecule has 122 valence electrons. The fraction of sp³-hybridized carbons (Fsp3) is 0.200. The number of hydrogen-bond donors (Lipinski definition) is 2. The zero-order valence-corrected chi connectivity index (χ0v) is 15.6. The third-order valence-corrected chi connectivity index (χ3v) is 3.19. The summed E-state index contributed by atoms with van der Waals surface area (Å²) in [5, 5.41) is 11.2. The third kappa shape index (κ3) is 7.34. The highest BCUT2D eigenvalue weighted by Crippen LogP contribution is 2.06. The predicted molar refractivity (Wildman–Crippen MR) is 93.4 cm³/mol. The first kappa shape index (κ1) is 19.2. The first-order valence-corrected chi connectivity index (χ1v) is 8.17. The summed E-state index contributed by atoms with van der Waals surface area (Å²) >= 11 is 6.26. The standard InChI is InChI=1S/C9H11BrN2O.C6H4BrNO2/c1-6(2)11-9(13)7-4-3-5-8(10)12-7;7-5-3-1-2-4(8-5)6(9)10/h3-6H,1-2H3,(H,11,13);1-3H,(H,9,10). The van der Waals surface area contributed by atoms with Crippen LogP contribution in [0.3, 0.4) is 0 Å². The summed E-state index contributed by atoms with van der Waals surface area (Å²) < 4.78 is 1.20. The Bertz CT molecular complexity index is 693. The Labute approximate surface area is 150 Å². The topological polar surface area (TPSA) is 92.2 Å². The van der Waals surface area contributed by atoms with Crippen LogP contribution in [-0.2, 0) is 0 Å². The molecule has 0 fully saturated rings. The molecule has 0 saturated carbocycles. The quantitative estimate of drug-likeness (QED) is 0.706. The minimum absolute atomic E-state index is 0.0503. The Kier molecular flexibility index (Phi) is 7.84. The van der Waals surface area contributed by atoms with Gasteiger partial charge in [0.25, 0.3) is 5.91 Å². The molecule has 0 spiro atoms. The Morgan fingerprint density at radius 1 is 1.00 bits per heavy atom. The number of hydrogen-bond acceptors (Lipinski definition) is 4. The lowest BCUT2D eigenvalue weighted by Gasteiger charge is -2.07. The maximum atomic E-state index is 11.4. The molecule has 2 heterocycles. The number of pyridine rings is 2. The molecular weight excluding hydrogens is 430 g/mol. The van der Waals surface area contributed by atoms with E-state index in [0.29, 0.717) is 14.9 Å². The van der Waals surface area contributed by atoms with Crippen molar-refractivity contribution < 1.29 is 14.7 Å². The number of carbonyl (C=O) groups excluding carboxylic acids is 1. The van der Waals surface area contributed by atoms with Gasteiger partial charge in [0.05, 0.1) is 0 Å². The summed E-state index contributed by atoms with van der Waals surface area (Å²) in [6.45, 7) is 3.83. The van der Waals surface area contributed by atoms with Crippen molar-refractivity contribution in [3.63, 3.8) is 0 Å². The van der Waals surface area contributed by atoms with Gasteiger partial charge in [0.1, 0.15) is 20.6 Å². The average molecular weight is 445 g/mol. The van der Waals surface area contributed by atoms with Crippen molar-refractivity contribution in [2.24, 2.45) is 0 Å². The van der Waals surface area contributed by atoms with Gasteiger partial charge < -0.3 is 10.4 Å². The maximum Gasteiger partial charge on any atom is 0.354 e. The van der Waals surface area contributed by atoms with E-state index in [1.165, 1.54) is 6.07 Å². The molecule has 2 aromatic heterocycles. The number of carboxylic acid groups (broad SMARTS) is 1. The largest absolute Gasteiger partial charge is 0.477 e. The molecule has 23 heavy (non-hydrogen) atoms. The van der Waals surface area contributed by atoms with E-state index in [1.54, 1.807) is 30.3 Å². The van der Waals surface area contributed by atoms with Gasteiger partial charge in [-0.2, -0.15) is 0 Å². The SMILES string of the molecule is CC(C)NC(=O)c1cccc(Br)n1.O=C(O)c1cccc(Br)n1. The van der Waals surface area contributed by atoms with Crippen molar-refractivity contribution in [2.45, 2.75) is 19.9 Å². The summed E-state index contributed by atoms with van der Waals surface area (Å²) in [7, 11) is 0. The van der Waals surface area contributed by atoms with Crippen molar-refractivity contribution in [1.82, 2.24) is 15.3 Å². The summed E-state index contributed by atoms with van der Waals surface area (Å²) in [5.41, 5.74) is 0.484. The summed E-state index contributed by atoms with van der Waals surface area (Å²) in [5.74, 6) is -1.15. The van der Waals surface area contributed by atoms with Crippen LogP contribution in [0.25, 0.3) is 0 Å². The van der Waals surface area contributed by atoms with Crippen LogP contribution in [-0.4, -0.2) is 33.0 Å². The van der Waals surface area contributed by atoms with Gasteiger partial charge in [-0.1, -0.05) is 12.1 Å². The molecule has 0 aliphatic heterocycles. The van der Waals surface area contributed by atoms with Crippen molar-refractivity contribution >= 4 is 43.7 Å². The number of aromatic nitrogens is 2. The number of nitrogens with one attached hydrogen (secondary N) is 1. The van der Waals surface area contributed by atoms with Crippen molar-refractivity contribution in [3.05, 3.63) is 57.0 Å². The van der Waals surface area contributed by atoms with Crippen LogP contribution in [0.4, 0.5) is 0 Å². The van der Waals surface area contributed by atoms with Gasteiger partial charge in [0.15, 0.2) is 0 Å². The fourth-order valence-corrected chi connectivity index (χ4v) is 2.09. The molecule has 6 nitrogen and oxygen atoms in total. The summed E-state index contributed by atoms with van der Waals surface area (Å²) in [6, 6.07) is 10.1. The molecule has 2 aromatic rings. The number of carbonyl (C=O) groups is 2. The van der Waals surface area contributed by atoms with Gasteiger partial charge in [-0.15, -0.1) is 0 Å². The Morgan fingerprint density at radius 2 is 1.48 bits per heavy atom. The smallest absolute Gasteiger partial charge is 0.354 e. The van der Waals surface area contributed by atoms with E-state index < -0.39 is 5.97 Å². The van der Waals surface area contributed by atoms with Crippen molar-refractivity contribution in [1.29, 1.82) is 0 Å². The minimum atomic E-state index is -1.01. The summed E-state index contributed by atoms with van der Waals surface area (Å²) in [6.07, 6.45) is 0. The second-order valence-corrected chi connectivity index (χ2v) is 6.25. The van der Waals surface area contributed by atoms with Gasteiger partial charge in [-0.25, -0.2) is 14.8 Å². The van der Waals surface area contributed by atoms with Crippen LogP contribution in [0.15, 0.2) is 45.6 Å². The fourth-order valence-electron chi connectivity index (χ4n) is 1.40. The van der Waals surface area contributed by atoms with Crippen LogP contribution < -0.4 is 5.32 Å². The molecule has 0 bridgehead atoms. The normalized spacial score (nSPS) is 9.78. The van der Waals surface area contributed by atoms with Gasteiger partial charge in [-0.05, 0) is 70.0 Å². The van der Waals surface area contributed by atoms with Gasteiger partial charge in [0, 0.05) is 6.04 Å². The summed E-state index contributed by atoms with van der Waals surface area (Å²) in [4.78, 5) is 29.4. The molecular formula is C15H15Br2N3O3. The average Bonchev–Trinajstić information content (AvgIpc) is 2.47. The molecule has 0 saturated heterocycles. The number of halogens is 2. The highest BCUT2D eigenvalue weighted by Gasteiger charge is 2.07. The molecule has 0 unspecified atom stereocenters. The molecule has 2 N–H and O–H groups in total. The molecule has 0 radical (unpaired) electrons. The molecule has 0 atom stereocenters. The van der Waals surface area contributed by atoms with E-state index >= 15 is 0 Å². The number of rotatable bonds is 3. The molecule has 0 aliphatic rings. The zero-order valence-electron chi connectivity index (χ0n) is 12.5. The van der Waals surface area contributed by atoms with E-state index in [4.69, 9.17) is 5.11 Å². The second-order valence-electron chi connectivity index (χ2n) is 4.62. The van der Waals surface area contributed by atoms with E-state index in [9.17, 15) is 9.59 Å². The molecule has 2 rings (SSSR count). The van der Waals surface area contributed by atoms with Crippen LogP contribution in [0.2, 0.25) is 0 Å². The predicted octanol–water partition coefficient (Wildman–Crippen LogP) is 3.52. The first-order valence-electron chi connectivity index (χ1n) is 6.59. The highest BCUT2D eigenvalue weighted by atomic mass is 79.9. The lowest BCUT2D eigenvalue weighted by Crippen LogP contribution is -2.30. The maximum absolute atomic E-state index is 11.4. The third-order valence-electron chi connectivity index (χ3n) is 2.30. The number of nitrogens with zero attached hydrogens (tertiary/aromatic N) is 2. The zero-order chi connectivity index (χ0) is 17.4. The van der Waals surface area contributed by atoms with Gasteiger partial charge in [0.2, 0.25) is 0 Å². The van der Waals surface area contributed by atoms with Crippen LogP contribution in [0.5, 0.6) is 0 Å². The number of amides is 1. The van der Waals surface area contributed by atoms with Crippen molar-refractivity contribution in [3.8, 4) is 0 Å². The molecule has 8 heteroatoms. The number of carboxylic acids is 1. The molecule has 1 amide bonds. The number of aromatic carboxylic acids is 1. The van der Waals surface area contributed by atoms with Gasteiger partial charge >= 0.3 is 5.97 Å². The first-order chi connectivity index (χ1) is 10.8. The Hall–Kier alpha value is -1.80. The van der Waals surface area contributed by atoms with E-state index in [2.05, 4.69) is 47.1 Å². The van der Waals surface area contributed by atoms with Crippen LogP contribution >= 0.6 is 31.9 Å². The molecule has 0 aliphatic carbocycles. The Morgan fingerprint density at radius 3 is 1.87 bits per heavy atom. The van der Waals surface area contributed by atoms with E-state index in [0.717, 1.165) is 0 Å². The van der Waals surface area contributed by atoms with Crippen molar-refractivity contribution in [2.75, 3.05) is 0 Å². The Balaban J connectivity index is 0.000000238. The van der Waals surface area contributed by atoms with E-state index in [-0.39, 0.29) is 17.6 Å². The lowest BCUT2D eigenvalue weighted by molar-refractivity contribution is 0.0690. The van der Waals surface area contributed by atoms with E-state index in [1.807, 2.05) is 13.8 Å². The van der Waals surface area contributed by atoms with Gasteiger partial charge in [-0.3, -0.25) is 4.79 Å². The lowest BCUT2D eigenvalue weighted by atomic mass is 10.3. The highest BCUT2D eigenvalue weighted by molar-refractivity contribution is 9.10.